The molecule has 9 heteroatoms. The van der Waals surface area contributed by atoms with Crippen LogP contribution in [0.2, 0.25) is 5.02 Å². The molecule has 0 spiro atoms. The van der Waals surface area contributed by atoms with E-state index in [1.54, 1.807) is 35.1 Å². The second kappa shape index (κ2) is 8.30. The molecule has 30 heavy (non-hydrogen) atoms. The Morgan fingerprint density at radius 3 is 2.30 bits per heavy atom. The summed E-state index contributed by atoms with van der Waals surface area (Å²) in [6.45, 7) is 3.73. The van der Waals surface area contributed by atoms with Gasteiger partial charge < -0.3 is 0 Å². The van der Waals surface area contributed by atoms with Gasteiger partial charge in [0.25, 0.3) is 5.91 Å². The lowest BCUT2D eigenvalue weighted by Crippen LogP contribution is -2.30. The molecule has 2 aromatic heterocycles. The monoisotopic (exact) mass is 419 g/mol. The molecule has 0 atom stereocenters. The number of hydrogen-bond acceptors (Lipinski definition) is 6. The van der Waals surface area contributed by atoms with Crippen molar-refractivity contribution in [2.75, 3.05) is 5.43 Å². The third-order valence-corrected chi connectivity index (χ3v) is 4.59. The zero-order valence-corrected chi connectivity index (χ0v) is 17.1. The molecule has 0 saturated carbocycles. The second-order valence-corrected chi connectivity index (χ2v) is 7.07. The highest BCUT2D eigenvalue weighted by molar-refractivity contribution is 6.30. The molecular formula is C21H18ClN7O. The number of carbonyl (C=O) groups is 1. The number of anilines is 1. The summed E-state index contributed by atoms with van der Waals surface area (Å²) in [5, 5.41) is 8.83. The topological polar surface area (TPSA) is 97.6 Å². The molecule has 2 heterocycles. The third kappa shape index (κ3) is 4.28. The summed E-state index contributed by atoms with van der Waals surface area (Å²) >= 11 is 5.97. The first-order valence-corrected chi connectivity index (χ1v) is 9.53. The maximum atomic E-state index is 12.4. The van der Waals surface area contributed by atoms with Gasteiger partial charge in [0.1, 0.15) is 0 Å². The van der Waals surface area contributed by atoms with Gasteiger partial charge in [-0.1, -0.05) is 28.9 Å². The van der Waals surface area contributed by atoms with Crippen LogP contribution in [0.5, 0.6) is 0 Å². The Bertz CT molecular complexity index is 1170. The van der Waals surface area contributed by atoms with E-state index in [4.69, 9.17) is 11.6 Å². The number of hydrogen-bond donors (Lipinski definition) is 2. The number of nitrogens with zero attached hydrogens (tertiary/aromatic N) is 5. The highest BCUT2D eigenvalue weighted by Crippen LogP contribution is 2.23. The highest BCUT2D eigenvalue weighted by atomic mass is 35.5. The van der Waals surface area contributed by atoms with Crippen LogP contribution >= 0.6 is 11.6 Å². The van der Waals surface area contributed by atoms with Crippen LogP contribution < -0.4 is 10.9 Å². The predicted octanol–water partition coefficient (Wildman–Crippen LogP) is 3.75. The minimum Gasteiger partial charge on any atom is -0.267 e. The van der Waals surface area contributed by atoms with Crippen LogP contribution in [0.3, 0.4) is 0 Å². The molecule has 2 N–H and O–H groups in total. The van der Waals surface area contributed by atoms with Crippen molar-refractivity contribution >= 4 is 23.5 Å². The van der Waals surface area contributed by atoms with E-state index in [2.05, 4.69) is 31.1 Å². The molecule has 150 valence electrons. The summed E-state index contributed by atoms with van der Waals surface area (Å²) < 4.78 is 1.70. The molecule has 0 aliphatic heterocycles. The number of benzene rings is 2. The number of hydrazine groups is 1. The molecular weight excluding hydrogens is 402 g/mol. The number of aryl methyl sites for hydroxylation is 2. The Kier molecular flexibility index (Phi) is 5.40. The number of aromatic nitrogens is 5. The fraction of sp³-hybridized carbons (Fsp3) is 0.0952. The first-order valence-electron chi connectivity index (χ1n) is 9.15. The molecule has 4 aromatic rings. The fourth-order valence-corrected chi connectivity index (χ4v) is 3.09. The largest absolute Gasteiger partial charge is 0.269 e. The number of amides is 1. The van der Waals surface area contributed by atoms with E-state index in [0.717, 1.165) is 28.3 Å². The number of rotatable bonds is 5. The fourth-order valence-electron chi connectivity index (χ4n) is 2.96. The van der Waals surface area contributed by atoms with Gasteiger partial charge in [0.2, 0.25) is 5.95 Å². The second-order valence-electron chi connectivity index (χ2n) is 6.64. The third-order valence-electron chi connectivity index (χ3n) is 4.33. The van der Waals surface area contributed by atoms with E-state index in [1.807, 2.05) is 44.2 Å². The molecule has 1 amide bonds. The van der Waals surface area contributed by atoms with E-state index >= 15 is 0 Å². The highest BCUT2D eigenvalue weighted by Gasteiger charge is 2.11. The zero-order chi connectivity index (χ0) is 21.1. The molecule has 0 aliphatic carbocycles. The van der Waals surface area contributed by atoms with Gasteiger partial charge in [0, 0.05) is 27.5 Å². The van der Waals surface area contributed by atoms with Crippen LogP contribution in [0.15, 0.2) is 60.8 Å². The summed E-state index contributed by atoms with van der Waals surface area (Å²) in [6.07, 6.45) is 1.68. The first kappa shape index (κ1) is 19.5. The van der Waals surface area contributed by atoms with Crippen molar-refractivity contribution in [2.24, 2.45) is 0 Å². The average molecular weight is 420 g/mol. The van der Waals surface area contributed by atoms with Gasteiger partial charge in [0.15, 0.2) is 0 Å². The van der Waals surface area contributed by atoms with Crippen LogP contribution in [0.1, 0.15) is 21.7 Å². The lowest BCUT2D eigenvalue weighted by Gasteiger charge is -2.10. The summed E-state index contributed by atoms with van der Waals surface area (Å²) in [5.74, 6) is 0.0357. The van der Waals surface area contributed by atoms with E-state index in [9.17, 15) is 4.79 Å². The van der Waals surface area contributed by atoms with Gasteiger partial charge in [0.05, 0.1) is 17.6 Å². The average Bonchev–Trinajstić information content (AvgIpc) is 3.22. The van der Waals surface area contributed by atoms with E-state index in [-0.39, 0.29) is 5.91 Å². The van der Waals surface area contributed by atoms with Crippen molar-refractivity contribution in [1.82, 2.24) is 30.4 Å². The van der Waals surface area contributed by atoms with Gasteiger partial charge in [-0.05, 0) is 56.3 Å². The molecule has 0 unspecified atom stereocenters. The van der Waals surface area contributed by atoms with Gasteiger partial charge in [-0.25, -0.2) is 14.6 Å². The molecule has 0 fully saturated rings. The Labute approximate surface area is 177 Å². The van der Waals surface area contributed by atoms with Crippen molar-refractivity contribution in [1.29, 1.82) is 0 Å². The van der Waals surface area contributed by atoms with Gasteiger partial charge >= 0.3 is 0 Å². The van der Waals surface area contributed by atoms with Crippen molar-refractivity contribution in [3.05, 3.63) is 82.8 Å². The molecule has 2 aromatic carbocycles. The minimum absolute atomic E-state index is 0.305. The molecule has 0 aliphatic rings. The number of nitrogens with one attached hydrogen (secondary N) is 2. The minimum atomic E-state index is -0.305. The summed E-state index contributed by atoms with van der Waals surface area (Å²) in [5.41, 5.74) is 9.98. The smallest absolute Gasteiger partial charge is 0.267 e. The van der Waals surface area contributed by atoms with Crippen molar-refractivity contribution < 1.29 is 4.79 Å². The number of halogens is 1. The van der Waals surface area contributed by atoms with Gasteiger partial charge in [-0.15, -0.1) is 5.10 Å². The Morgan fingerprint density at radius 2 is 1.63 bits per heavy atom. The molecule has 4 rings (SSSR count). The predicted molar refractivity (Wildman–Crippen MR) is 114 cm³/mol. The lowest BCUT2D eigenvalue weighted by atomic mass is 10.1. The van der Waals surface area contributed by atoms with Gasteiger partial charge in [-0.3, -0.25) is 15.6 Å². The van der Waals surface area contributed by atoms with Crippen molar-refractivity contribution in [2.45, 2.75) is 13.8 Å². The summed E-state index contributed by atoms with van der Waals surface area (Å²) in [4.78, 5) is 20.9. The van der Waals surface area contributed by atoms with Crippen molar-refractivity contribution in [3.8, 4) is 16.9 Å². The van der Waals surface area contributed by atoms with Crippen LogP contribution in [-0.2, 0) is 0 Å². The first-order chi connectivity index (χ1) is 14.5. The van der Waals surface area contributed by atoms with E-state index in [1.165, 1.54) is 0 Å². The number of carbonyl (C=O) groups excluding carboxylic acids is 1. The van der Waals surface area contributed by atoms with Crippen LogP contribution in [0.4, 0.5) is 5.95 Å². The van der Waals surface area contributed by atoms with E-state index < -0.39 is 0 Å². The quantitative estimate of drug-likeness (QED) is 0.478. The van der Waals surface area contributed by atoms with Crippen LogP contribution in [-0.4, -0.2) is 30.9 Å². The van der Waals surface area contributed by atoms with Crippen LogP contribution in [0, 0.1) is 13.8 Å². The molecule has 0 saturated heterocycles. The molecule has 0 bridgehead atoms. The van der Waals surface area contributed by atoms with Crippen LogP contribution in [0.25, 0.3) is 16.9 Å². The van der Waals surface area contributed by atoms with E-state index in [0.29, 0.717) is 16.5 Å². The SMILES string of the molecule is Cc1cc(C)nc(NNC(=O)c2ccc(-n3nncc3-c3ccc(Cl)cc3)cc2)n1. The normalized spacial score (nSPS) is 10.6. The zero-order valence-electron chi connectivity index (χ0n) is 16.3. The summed E-state index contributed by atoms with van der Waals surface area (Å²) in [7, 11) is 0. The maximum Gasteiger partial charge on any atom is 0.269 e. The molecule has 0 radical (unpaired) electrons. The van der Waals surface area contributed by atoms with Gasteiger partial charge in [-0.2, -0.15) is 0 Å². The Balaban J connectivity index is 1.49. The van der Waals surface area contributed by atoms with Crippen molar-refractivity contribution in [3.63, 3.8) is 0 Å². The Hall–Kier alpha value is -3.78. The molecule has 8 nitrogen and oxygen atoms in total. The summed E-state index contributed by atoms with van der Waals surface area (Å²) in [6, 6.07) is 16.3. The standard InChI is InChI=1S/C21H18ClN7O/c1-13-11-14(2)25-21(24-13)27-26-20(30)16-5-9-18(10-6-16)29-19(12-23-28-29)15-3-7-17(22)8-4-15/h3-12H,1-2H3,(H,26,30)(H,24,25,27). The Morgan fingerprint density at radius 1 is 0.967 bits per heavy atom. The maximum absolute atomic E-state index is 12.4. The lowest BCUT2D eigenvalue weighted by molar-refractivity contribution is 0.0962.